The Bertz CT molecular complexity index is 841. The van der Waals surface area contributed by atoms with Crippen LogP contribution in [0.15, 0.2) is 48.5 Å². The van der Waals surface area contributed by atoms with Gasteiger partial charge in [-0.05, 0) is 48.4 Å². The Labute approximate surface area is 173 Å². The number of rotatable bonds is 9. The fourth-order valence-corrected chi connectivity index (χ4v) is 3.38. The highest BCUT2D eigenvalue weighted by atomic mass is 16.2. The fourth-order valence-electron chi connectivity index (χ4n) is 3.38. The van der Waals surface area contributed by atoms with Crippen molar-refractivity contribution in [3.05, 3.63) is 65.2 Å². The van der Waals surface area contributed by atoms with Gasteiger partial charge in [-0.15, -0.1) is 0 Å². The van der Waals surface area contributed by atoms with Gasteiger partial charge in [0.1, 0.15) is 0 Å². The minimum absolute atomic E-state index is 0.0834. The molecule has 0 unspecified atom stereocenters. The predicted octanol–water partition coefficient (Wildman–Crippen LogP) is 4.07. The molecule has 0 spiro atoms. The number of anilines is 1. The van der Waals surface area contributed by atoms with Gasteiger partial charge in [-0.1, -0.05) is 57.2 Å². The lowest BCUT2D eigenvalue weighted by molar-refractivity contribution is -0.115. The normalized spacial score (nSPS) is 14.5. The molecule has 2 aromatic carbocycles. The Morgan fingerprint density at radius 3 is 2.34 bits per heavy atom. The van der Waals surface area contributed by atoms with Crippen LogP contribution in [-0.4, -0.2) is 24.4 Å². The maximum Gasteiger partial charge on any atom is 0.253 e. The van der Waals surface area contributed by atoms with E-state index in [1.807, 2.05) is 12.1 Å². The monoisotopic (exact) mass is 393 g/mol. The van der Waals surface area contributed by atoms with Crippen LogP contribution in [-0.2, 0) is 11.2 Å². The zero-order valence-electron chi connectivity index (χ0n) is 17.5. The van der Waals surface area contributed by atoms with Crippen LogP contribution in [0.25, 0.3) is 0 Å². The molecule has 3 rings (SSSR count). The molecule has 0 aromatic heterocycles. The lowest BCUT2D eigenvalue weighted by atomic mass is 9.95. The van der Waals surface area contributed by atoms with Crippen molar-refractivity contribution in [2.45, 2.75) is 52.1 Å². The van der Waals surface area contributed by atoms with Gasteiger partial charge in [-0.2, -0.15) is 0 Å². The molecular weight excluding hydrogens is 362 g/mol. The second-order valence-corrected chi connectivity index (χ2v) is 8.04. The quantitative estimate of drug-likeness (QED) is 0.601. The highest BCUT2D eigenvalue weighted by molar-refractivity contribution is 6.04. The highest BCUT2D eigenvalue weighted by Gasteiger charge is 2.25. The first-order valence-corrected chi connectivity index (χ1v) is 10.5. The smallest absolute Gasteiger partial charge is 0.253 e. The van der Waals surface area contributed by atoms with E-state index in [9.17, 15) is 9.59 Å². The number of para-hydroxylation sites is 1. The maximum absolute atomic E-state index is 12.6. The first kappa shape index (κ1) is 21.1. The third kappa shape index (κ3) is 5.91. The van der Waals surface area contributed by atoms with E-state index in [2.05, 4.69) is 61.0 Å². The largest absolute Gasteiger partial charge is 0.349 e. The van der Waals surface area contributed by atoms with Crippen LogP contribution in [0, 0.1) is 5.92 Å². The fraction of sp³-hybridized carbons (Fsp3) is 0.417. The molecule has 0 saturated heterocycles. The molecule has 2 aromatic rings. The molecule has 0 bridgehead atoms. The number of hydrogen-bond acceptors (Lipinski definition) is 3. The number of hydrogen-bond donors (Lipinski definition) is 3. The maximum atomic E-state index is 12.6. The van der Waals surface area contributed by atoms with Crippen LogP contribution in [0.5, 0.6) is 0 Å². The van der Waals surface area contributed by atoms with E-state index in [1.54, 1.807) is 12.1 Å². The van der Waals surface area contributed by atoms with Crippen molar-refractivity contribution in [2.24, 2.45) is 5.92 Å². The van der Waals surface area contributed by atoms with Crippen LogP contribution < -0.4 is 16.0 Å². The number of aryl methyl sites for hydroxylation is 1. The van der Waals surface area contributed by atoms with Crippen molar-refractivity contribution in [3.63, 3.8) is 0 Å². The lowest BCUT2D eigenvalue weighted by Crippen LogP contribution is -2.34. The van der Waals surface area contributed by atoms with Crippen molar-refractivity contribution in [2.75, 3.05) is 11.9 Å². The van der Waals surface area contributed by atoms with Crippen molar-refractivity contribution >= 4 is 17.5 Å². The molecule has 29 heavy (non-hydrogen) atoms. The molecule has 1 atom stereocenters. The number of amides is 2. The molecule has 0 aliphatic heterocycles. The highest BCUT2D eigenvalue weighted by Crippen LogP contribution is 2.23. The molecule has 1 saturated carbocycles. The van der Waals surface area contributed by atoms with Crippen LogP contribution in [0.2, 0.25) is 0 Å². The molecule has 0 heterocycles. The summed E-state index contributed by atoms with van der Waals surface area (Å²) in [4.78, 5) is 25.0. The summed E-state index contributed by atoms with van der Waals surface area (Å²) in [6.07, 6.45) is 3.07. The zero-order valence-corrected chi connectivity index (χ0v) is 17.5. The topological polar surface area (TPSA) is 70.2 Å². The molecule has 1 aliphatic carbocycles. The van der Waals surface area contributed by atoms with Crippen LogP contribution >= 0.6 is 0 Å². The lowest BCUT2D eigenvalue weighted by Gasteiger charge is -2.23. The third-order valence-electron chi connectivity index (χ3n) is 5.25. The molecule has 3 N–H and O–H groups in total. The number of carbonyl (C=O) groups excluding carboxylic acids is 2. The van der Waals surface area contributed by atoms with E-state index in [1.165, 1.54) is 11.1 Å². The zero-order chi connectivity index (χ0) is 20.8. The van der Waals surface area contributed by atoms with Crippen LogP contribution in [0.3, 0.4) is 0 Å². The van der Waals surface area contributed by atoms with Gasteiger partial charge in [0, 0.05) is 12.1 Å². The van der Waals surface area contributed by atoms with Gasteiger partial charge in [0.05, 0.1) is 17.8 Å². The summed E-state index contributed by atoms with van der Waals surface area (Å²) in [6, 6.07) is 16.0. The molecular formula is C24H31N3O2. The van der Waals surface area contributed by atoms with Gasteiger partial charge in [0.2, 0.25) is 5.91 Å². The minimum atomic E-state index is -0.160. The SMILES string of the molecule is CCc1ccc([C@H](NCC(=O)Nc2ccccc2C(=O)NC2CC2)C(C)C)cc1. The van der Waals surface area contributed by atoms with Crippen molar-refractivity contribution < 1.29 is 9.59 Å². The van der Waals surface area contributed by atoms with E-state index in [0.29, 0.717) is 17.2 Å². The number of carbonyl (C=O) groups is 2. The molecule has 5 heteroatoms. The summed E-state index contributed by atoms with van der Waals surface area (Å²) >= 11 is 0. The molecule has 1 fully saturated rings. The average Bonchev–Trinajstić information content (AvgIpc) is 3.52. The molecule has 154 valence electrons. The Hall–Kier alpha value is -2.66. The van der Waals surface area contributed by atoms with E-state index in [0.717, 1.165) is 19.3 Å². The summed E-state index contributed by atoms with van der Waals surface area (Å²) in [5, 5.41) is 9.23. The number of nitrogens with one attached hydrogen (secondary N) is 3. The second kappa shape index (κ2) is 9.70. The summed E-state index contributed by atoms with van der Waals surface area (Å²) in [7, 11) is 0. The van der Waals surface area contributed by atoms with E-state index in [-0.39, 0.29) is 30.4 Å². The average molecular weight is 394 g/mol. The summed E-state index contributed by atoms with van der Waals surface area (Å²) in [6.45, 7) is 6.60. The Morgan fingerprint density at radius 1 is 1.03 bits per heavy atom. The second-order valence-electron chi connectivity index (χ2n) is 8.04. The number of benzene rings is 2. The van der Waals surface area contributed by atoms with Gasteiger partial charge in [-0.3, -0.25) is 9.59 Å². The Morgan fingerprint density at radius 2 is 1.72 bits per heavy atom. The third-order valence-corrected chi connectivity index (χ3v) is 5.25. The Balaban J connectivity index is 1.61. The van der Waals surface area contributed by atoms with E-state index in [4.69, 9.17) is 0 Å². The van der Waals surface area contributed by atoms with Gasteiger partial charge >= 0.3 is 0 Å². The minimum Gasteiger partial charge on any atom is -0.349 e. The molecule has 1 aliphatic rings. The van der Waals surface area contributed by atoms with Crippen molar-refractivity contribution in [3.8, 4) is 0 Å². The first-order chi connectivity index (χ1) is 14.0. The molecule has 5 nitrogen and oxygen atoms in total. The van der Waals surface area contributed by atoms with Gasteiger partial charge < -0.3 is 16.0 Å². The molecule has 2 amide bonds. The summed E-state index contributed by atoms with van der Waals surface area (Å²) in [5.74, 6) is 0.0480. The standard InChI is InChI=1S/C24H31N3O2/c1-4-17-9-11-18(12-10-17)23(16(2)3)25-15-22(28)27-21-8-6-5-7-20(21)24(29)26-19-13-14-19/h5-12,16,19,23,25H,4,13-15H2,1-3H3,(H,26,29)(H,27,28)/t23-/m1/s1. The van der Waals surface area contributed by atoms with E-state index < -0.39 is 0 Å². The van der Waals surface area contributed by atoms with Crippen LogP contribution in [0.4, 0.5) is 5.69 Å². The van der Waals surface area contributed by atoms with Crippen molar-refractivity contribution in [1.82, 2.24) is 10.6 Å². The van der Waals surface area contributed by atoms with E-state index >= 15 is 0 Å². The van der Waals surface area contributed by atoms with Crippen LogP contribution in [0.1, 0.15) is 61.1 Å². The predicted molar refractivity (Wildman–Crippen MR) is 117 cm³/mol. The summed E-state index contributed by atoms with van der Waals surface area (Å²) in [5.41, 5.74) is 3.53. The first-order valence-electron chi connectivity index (χ1n) is 10.5. The van der Waals surface area contributed by atoms with Gasteiger partial charge in [-0.25, -0.2) is 0 Å². The van der Waals surface area contributed by atoms with Gasteiger partial charge in [0.25, 0.3) is 5.91 Å². The van der Waals surface area contributed by atoms with Gasteiger partial charge in [0.15, 0.2) is 0 Å². The Kier molecular flexibility index (Phi) is 7.04. The van der Waals surface area contributed by atoms with Crippen molar-refractivity contribution in [1.29, 1.82) is 0 Å². The summed E-state index contributed by atoms with van der Waals surface area (Å²) < 4.78 is 0. The molecule has 0 radical (unpaired) electrons.